The Bertz CT molecular complexity index is 1430. The molecular weight excluding hydrogens is 838 g/mol. The van der Waals surface area contributed by atoms with Crippen LogP contribution in [0.25, 0.3) is 0 Å². The molecule has 62 heavy (non-hydrogen) atoms. The average molecular weight is 917 g/mol. The number of carbonyl (C=O) groups excluding carboxylic acids is 2. The zero-order valence-corrected chi connectivity index (χ0v) is 39.1. The molecule has 1 unspecified atom stereocenters. The molecule has 356 valence electrons. The number of phosphoric acid groups is 2. The molecule has 0 radical (unpaired) electrons. The summed E-state index contributed by atoms with van der Waals surface area (Å²) in [5.74, 6) is -1.15. The Kier molecular flexibility index (Phi) is 39.2. The van der Waals surface area contributed by atoms with Gasteiger partial charge in [-0.05, 0) is 103 Å². The van der Waals surface area contributed by atoms with Crippen molar-refractivity contribution < 1.29 is 66.7 Å². The van der Waals surface area contributed by atoms with E-state index in [0.717, 1.165) is 83.5 Å². The fourth-order valence-corrected chi connectivity index (χ4v) is 6.52. The molecule has 0 aromatic heterocycles. The maximum Gasteiger partial charge on any atom is 0.472 e. The SMILES string of the molecule is CCCCC/C=C\C/C=C\C/C=C\CCCCCCC(=O)OC[C@H](COP(=O)(O)OC[C@@H](O)COP(=O)(O)O)OC(=O)CCC/C=C\C/C=C\C/C=C\C/C=C\CCC[C@H](C)O. The Morgan fingerprint density at radius 3 is 1.47 bits per heavy atom. The number of hydrogen-bond acceptors (Lipinski definition) is 11. The second-order valence-corrected chi connectivity index (χ2v) is 17.6. The number of hydrogen-bond donors (Lipinski definition) is 5. The molecule has 14 nitrogen and oxygen atoms in total. The van der Waals surface area contributed by atoms with Gasteiger partial charge in [0.05, 0.1) is 25.9 Å². The van der Waals surface area contributed by atoms with Crippen molar-refractivity contribution in [1.82, 2.24) is 0 Å². The van der Waals surface area contributed by atoms with E-state index in [0.29, 0.717) is 19.3 Å². The first-order valence-corrected chi connectivity index (χ1v) is 25.3. The number of unbranched alkanes of at least 4 members (excludes halogenated alkanes) is 9. The summed E-state index contributed by atoms with van der Waals surface area (Å²) in [4.78, 5) is 52.7. The minimum atomic E-state index is -4.88. The molecule has 0 heterocycles. The van der Waals surface area contributed by atoms with Crippen molar-refractivity contribution in [3.8, 4) is 0 Å². The number of phosphoric ester groups is 2. The zero-order chi connectivity index (χ0) is 46.0. The first-order valence-electron chi connectivity index (χ1n) is 22.3. The van der Waals surface area contributed by atoms with Crippen LogP contribution in [0.3, 0.4) is 0 Å². The lowest BCUT2D eigenvalue weighted by Gasteiger charge is -2.20. The summed E-state index contributed by atoms with van der Waals surface area (Å²) >= 11 is 0. The molecule has 0 spiro atoms. The quantitative estimate of drug-likeness (QED) is 0.0167. The van der Waals surface area contributed by atoms with Gasteiger partial charge in [0.25, 0.3) is 0 Å². The fraction of sp³-hybridized carbons (Fsp3) is 0.652. The molecule has 0 fully saturated rings. The van der Waals surface area contributed by atoms with Crippen LogP contribution in [0.4, 0.5) is 0 Å². The van der Waals surface area contributed by atoms with Gasteiger partial charge in [-0.3, -0.25) is 23.2 Å². The van der Waals surface area contributed by atoms with Crippen LogP contribution in [0.1, 0.15) is 149 Å². The molecule has 0 saturated heterocycles. The topological polar surface area (TPSA) is 216 Å². The van der Waals surface area contributed by atoms with E-state index in [9.17, 15) is 33.8 Å². The third-order valence-electron chi connectivity index (χ3n) is 8.76. The van der Waals surface area contributed by atoms with Gasteiger partial charge in [-0.1, -0.05) is 118 Å². The highest BCUT2D eigenvalue weighted by Crippen LogP contribution is 2.43. The minimum absolute atomic E-state index is 0.0339. The summed E-state index contributed by atoms with van der Waals surface area (Å²) in [5.41, 5.74) is 0. The molecule has 0 aliphatic heterocycles. The summed E-state index contributed by atoms with van der Waals surface area (Å²) in [7, 11) is -9.72. The molecule has 4 atom stereocenters. The van der Waals surface area contributed by atoms with E-state index in [1.807, 2.05) is 12.2 Å². The van der Waals surface area contributed by atoms with Gasteiger partial charge in [-0.15, -0.1) is 0 Å². The van der Waals surface area contributed by atoms with Crippen molar-refractivity contribution in [3.05, 3.63) is 85.1 Å². The van der Waals surface area contributed by atoms with E-state index in [4.69, 9.17) is 23.8 Å². The fourth-order valence-electron chi connectivity index (χ4n) is 5.36. The van der Waals surface area contributed by atoms with Crippen molar-refractivity contribution in [2.24, 2.45) is 0 Å². The van der Waals surface area contributed by atoms with Gasteiger partial charge in [-0.25, -0.2) is 9.13 Å². The molecular formula is C46H78O14P2. The Hall–Kier alpha value is -2.74. The summed E-state index contributed by atoms with van der Waals surface area (Å²) in [6.07, 6.45) is 44.2. The van der Waals surface area contributed by atoms with E-state index in [-0.39, 0.29) is 18.9 Å². The maximum atomic E-state index is 12.7. The van der Waals surface area contributed by atoms with Crippen LogP contribution in [-0.4, -0.2) is 81.6 Å². The van der Waals surface area contributed by atoms with Crippen molar-refractivity contribution >= 4 is 27.6 Å². The monoisotopic (exact) mass is 916 g/mol. The Balaban J connectivity index is 4.66. The van der Waals surface area contributed by atoms with Crippen molar-refractivity contribution in [2.75, 3.05) is 26.4 Å². The number of aliphatic hydroxyl groups excluding tert-OH is 2. The summed E-state index contributed by atoms with van der Waals surface area (Å²) in [5, 5.41) is 19.0. The molecule has 0 bridgehead atoms. The van der Waals surface area contributed by atoms with Crippen LogP contribution in [0.2, 0.25) is 0 Å². The number of allylic oxidation sites excluding steroid dienone is 14. The second kappa shape index (κ2) is 41.0. The lowest BCUT2D eigenvalue weighted by molar-refractivity contribution is -0.161. The van der Waals surface area contributed by atoms with E-state index in [1.165, 1.54) is 19.3 Å². The second-order valence-electron chi connectivity index (χ2n) is 14.9. The molecule has 0 aromatic carbocycles. The highest BCUT2D eigenvalue weighted by Gasteiger charge is 2.28. The van der Waals surface area contributed by atoms with Crippen molar-refractivity contribution in [2.45, 2.75) is 167 Å². The maximum absolute atomic E-state index is 12.7. The lowest BCUT2D eigenvalue weighted by atomic mass is 10.1. The Labute approximate surface area is 371 Å². The molecule has 0 aliphatic carbocycles. The Morgan fingerprint density at radius 1 is 0.516 bits per heavy atom. The van der Waals surface area contributed by atoms with E-state index in [2.05, 4.69) is 88.9 Å². The van der Waals surface area contributed by atoms with E-state index < -0.39 is 66.2 Å². The van der Waals surface area contributed by atoms with Crippen molar-refractivity contribution in [1.29, 1.82) is 0 Å². The van der Waals surface area contributed by atoms with Gasteiger partial charge in [-0.2, -0.15) is 0 Å². The van der Waals surface area contributed by atoms with Crippen LogP contribution in [-0.2, 0) is 41.8 Å². The molecule has 0 aromatic rings. The number of aliphatic hydroxyl groups is 2. The first kappa shape index (κ1) is 59.3. The van der Waals surface area contributed by atoms with Crippen LogP contribution in [0, 0.1) is 0 Å². The van der Waals surface area contributed by atoms with Gasteiger partial charge in [0.15, 0.2) is 6.10 Å². The van der Waals surface area contributed by atoms with Crippen LogP contribution in [0.5, 0.6) is 0 Å². The zero-order valence-electron chi connectivity index (χ0n) is 37.3. The largest absolute Gasteiger partial charge is 0.472 e. The van der Waals surface area contributed by atoms with Gasteiger partial charge >= 0.3 is 27.6 Å². The molecule has 0 rings (SSSR count). The van der Waals surface area contributed by atoms with Gasteiger partial charge < -0.3 is 34.4 Å². The first-order chi connectivity index (χ1) is 29.7. The van der Waals surface area contributed by atoms with Crippen LogP contribution in [0.15, 0.2) is 85.1 Å². The molecule has 0 saturated carbocycles. The summed E-state index contributed by atoms with van der Waals surface area (Å²) < 4.78 is 47.7. The summed E-state index contributed by atoms with van der Waals surface area (Å²) in [6, 6.07) is 0. The van der Waals surface area contributed by atoms with E-state index in [1.54, 1.807) is 6.92 Å². The minimum Gasteiger partial charge on any atom is -0.462 e. The van der Waals surface area contributed by atoms with Crippen LogP contribution >= 0.6 is 15.6 Å². The molecule has 16 heteroatoms. The van der Waals surface area contributed by atoms with Gasteiger partial charge in [0.1, 0.15) is 12.7 Å². The average Bonchev–Trinajstić information content (AvgIpc) is 3.22. The predicted molar refractivity (Wildman–Crippen MR) is 245 cm³/mol. The number of esters is 2. The van der Waals surface area contributed by atoms with E-state index >= 15 is 0 Å². The highest BCUT2D eigenvalue weighted by molar-refractivity contribution is 7.47. The number of rotatable bonds is 41. The van der Waals surface area contributed by atoms with Gasteiger partial charge in [0.2, 0.25) is 0 Å². The number of carbonyl (C=O) groups is 2. The Morgan fingerprint density at radius 2 is 0.952 bits per heavy atom. The highest BCUT2D eigenvalue weighted by atomic mass is 31.2. The lowest BCUT2D eigenvalue weighted by Crippen LogP contribution is -2.29. The molecule has 0 amide bonds. The standard InChI is InChI=1S/C46H78O14P2/c1-3-4-5-6-7-8-9-10-11-12-15-18-21-24-27-30-33-36-45(49)56-40-44(41-59-62(54,55)58-39-43(48)38-57-61(51,52)53)60-46(50)37-34-31-28-25-22-19-16-13-14-17-20-23-26-29-32-35-42(2)47/h7-8,10-11,14-19,23,25-26,28,42-44,47-48H,3-6,9,12-13,20-22,24,27,29-41H2,1-2H3,(H,54,55)(H2,51,52,53)/b8-7-,11-10-,17-14-,18-15-,19-16-,26-23-,28-25-/t42-,43-,44+/m0/s1. The summed E-state index contributed by atoms with van der Waals surface area (Å²) in [6.45, 7) is 1.17. The third-order valence-corrected chi connectivity index (χ3v) is 10.2. The van der Waals surface area contributed by atoms with Crippen LogP contribution < -0.4 is 0 Å². The van der Waals surface area contributed by atoms with Crippen molar-refractivity contribution in [3.63, 3.8) is 0 Å². The normalized spacial score (nSPS) is 15.3. The van der Waals surface area contributed by atoms with Gasteiger partial charge in [0, 0.05) is 12.8 Å². The number of ether oxygens (including phenoxy) is 2. The third kappa shape index (κ3) is 45.3. The predicted octanol–water partition coefficient (Wildman–Crippen LogP) is 10.5. The molecule has 5 N–H and O–H groups in total. The smallest absolute Gasteiger partial charge is 0.462 e. The molecule has 0 aliphatic rings.